The Balaban J connectivity index is 1.84. The smallest absolute Gasteiger partial charge is 0.230 e. The quantitative estimate of drug-likeness (QED) is 0.926. The van der Waals surface area contributed by atoms with Crippen LogP contribution < -0.4 is 10.0 Å². The van der Waals surface area contributed by atoms with Gasteiger partial charge in [0.2, 0.25) is 10.0 Å². The first-order valence-corrected chi connectivity index (χ1v) is 8.62. The number of sulfonamides is 1. The molecule has 116 valence electrons. The van der Waals surface area contributed by atoms with E-state index >= 15 is 0 Å². The van der Waals surface area contributed by atoms with Crippen molar-refractivity contribution in [2.75, 3.05) is 18.0 Å². The molecule has 7 heteroatoms. The molecule has 1 saturated heterocycles. The summed E-state index contributed by atoms with van der Waals surface area (Å²) < 4.78 is 21.9. The summed E-state index contributed by atoms with van der Waals surface area (Å²) in [5.74, 6) is 1.07. The highest BCUT2D eigenvalue weighted by atomic mass is 32.2. The fourth-order valence-electron chi connectivity index (χ4n) is 2.58. The molecular weight excluding hydrogens is 300 g/mol. The molecule has 2 heterocycles. The molecule has 0 spiro atoms. The van der Waals surface area contributed by atoms with Gasteiger partial charge in [0.15, 0.2) is 0 Å². The zero-order chi connectivity index (χ0) is 15.9. The van der Waals surface area contributed by atoms with Crippen LogP contribution in [0.5, 0.6) is 0 Å². The van der Waals surface area contributed by atoms with Gasteiger partial charge < -0.3 is 4.90 Å². The van der Waals surface area contributed by atoms with Crippen LogP contribution in [0.25, 0.3) is 10.9 Å². The SMILES string of the molecule is Cc1cc2ncnc(N3CC(/C=C/S(N)(=O)=O)C3)c2cc1C. The summed E-state index contributed by atoms with van der Waals surface area (Å²) in [5.41, 5.74) is 3.33. The van der Waals surface area contributed by atoms with E-state index in [0.29, 0.717) is 0 Å². The molecular formula is C15H18N4O2S. The number of anilines is 1. The molecule has 3 rings (SSSR count). The maximum absolute atomic E-state index is 10.9. The molecule has 1 aromatic heterocycles. The van der Waals surface area contributed by atoms with Gasteiger partial charge in [-0.15, -0.1) is 0 Å². The molecule has 1 aliphatic rings. The molecule has 1 aliphatic heterocycles. The van der Waals surface area contributed by atoms with Gasteiger partial charge in [-0.25, -0.2) is 23.5 Å². The number of primary sulfonamides is 1. The van der Waals surface area contributed by atoms with Gasteiger partial charge in [0.25, 0.3) is 0 Å². The third-order valence-electron chi connectivity index (χ3n) is 3.98. The average molecular weight is 318 g/mol. The third kappa shape index (κ3) is 2.95. The van der Waals surface area contributed by atoms with Crippen LogP contribution in [0.3, 0.4) is 0 Å². The predicted octanol–water partition coefficient (Wildman–Crippen LogP) is 1.49. The van der Waals surface area contributed by atoms with Crippen molar-refractivity contribution in [1.82, 2.24) is 9.97 Å². The van der Waals surface area contributed by atoms with E-state index in [4.69, 9.17) is 5.14 Å². The van der Waals surface area contributed by atoms with E-state index < -0.39 is 10.0 Å². The third-order valence-corrected chi connectivity index (χ3v) is 4.52. The summed E-state index contributed by atoms with van der Waals surface area (Å²) in [6.45, 7) is 5.59. The van der Waals surface area contributed by atoms with Gasteiger partial charge in [-0.1, -0.05) is 6.08 Å². The molecule has 0 unspecified atom stereocenters. The summed E-state index contributed by atoms with van der Waals surface area (Å²) in [4.78, 5) is 10.8. The number of nitrogens with zero attached hydrogens (tertiary/aromatic N) is 3. The number of aryl methyl sites for hydroxylation is 2. The lowest BCUT2D eigenvalue weighted by Crippen LogP contribution is -2.46. The van der Waals surface area contributed by atoms with Gasteiger partial charge >= 0.3 is 0 Å². The van der Waals surface area contributed by atoms with E-state index in [1.54, 1.807) is 12.4 Å². The lowest BCUT2D eigenvalue weighted by atomic mass is 9.99. The maximum atomic E-state index is 10.9. The van der Waals surface area contributed by atoms with Crippen molar-refractivity contribution in [2.24, 2.45) is 11.1 Å². The summed E-state index contributed by atoms with van der Waals surface area (Å²) >= 11 is 0. The van der Waals surface area contributed by atoms with Crippen molar-refractivity contribution in [3.05, 3.63) is 41.1 Å². The molecule has 0 radical (unpaired) electrons. The van der Waals surface area contributed by atoms with Gasteiger partial charge in [-0.2, -0.15) is 0 Å². The van der Waals surface area contributed by atoms with Crippen molar-refractivity contribution in [3.8, 4) is 0 Å². The number of fused-ring (bicyclic) bond motifs is 1. The second-order valence-electron chi connectivity index (χ2n) is 5.73. The van der Waals surface area contributed by atoms with Crippen molar-refractivity contribution in [2.45, 2.75) is 13.8 Å². The molecule has 0 bridgehead atoms. The fraction of sp³-hybridized carbons (Fsp3) is 0.333. The Morgan fingerprint density at radius 3 is 2.59 bits per heavy atom. The van der Waals surface area contributed by atoms with Crippen LogP contribution >= 0.6 is 0 Å². The minimum absolute atomic E-state index is 0.176. The van der Waals surface area contributed by atoms with Gasteiger partial charge in [0.05, 0.1) is 5.52 Å². The second-order valence-corrected chi connectivity index (χ2v) is 7.18. The van der Waals surface area contributed by atoms with Crippen LogP contribution in [0.2, 0.25) is 0 Å². The molecule has 1 aromatic carbocycles. The fourth-order valence-corrected chi connectivity index (χ4v) is 3.02. The highest BCUT2D eigenvalue weighted by molar-refractivity contribution is 7.92. The van der Waals surface area contributed by atoms with Crippen molar-refractivity contribution in [3.63, 3.8) is 0 Å². The number of aromatic nitrogens is 2. The minimum Gasteiger partial charge on any atom is -0.355 e. The molecule has 22 heavy (non-hydrogen) atoms. The van der Waals surface area contributed by atoms with Gasteiger partial charge in [0.1, 0.15) is 12.1 Å². The number of hydrogen-bond acceptors (Lipinski definition) is 5. The van der Waals surface area contributed by atoms with Gasteiger partial charge in [0, 0.05) is 29.8 Å². The minimum atomic E-state index is -3.55. The first kappa shape index (κ1) is 14.9. The van der Waals surface area contributed by atoms with Gasteiger partial charge in [-0.3, -0.25) is 0 Å². The molecule has 0 atom stereocenters. The molecule has 0 amide bonds. The zero-order valence-corrected chi connectivity index (χ0v) is 13.3. The summed E-state index contributed by atoms with van der Waals surface area (Å²) in [7, 11) is -3.55. The Morgan fingerprint density at radius 2 is 1.91 bits per heavy atom. The van der Waals surface area contributed by atoms with E-state index in [1.165, 1.54) is 11.1 Å². The average Bonchev–Trinajstić information content (AvgIpc) is 2.37. The number of hydrogen-bond donors (Lipinski definition) is 1. The van der Waals surface area contributed by atoms with Crippen LogP contribution in [0.4, 0.5) is 5.82 Å². The molecule has 1 fully saturated rings. The van der Waals surface area contributed by atoms with Gasteiger partial charge in [-0.05, 0) is 37.1 Å². The van der Waals surface area contributed by atoms with E-state index in [9.17, 15) is 8.42 Å². The van der Waals surface area contributed by atoms with E-state index in [2.05, 4.69) is 40.8 Å². The van der Waals surface area contributed by atoms with E-state index in [1.807, 2.05) is 0 Å². The van der Waals surface area contributed by atoms with Crippen LogP contribution in [-0.2, 0) is 10.0 Å². The summed E-state index contributed by atoms with van der Waals surface area (Å²) in [5, 5.41) is 7.06. The number of rotatable bonds is 3. The first-order chi connectivity index (χ1) is 10.3. The maximum Gasteiger partial charge on any atom is 0.230 e. The van der Waals surface area contributed by atoms with Crippen LogP contribution in [0.15, 0.2) is 29.9 Å². The Hall–Kier alpha value is -1.99. The standard InChI is InChI=1S/C15H18N4O2S/c1-10-5-13-14(6-11(10)2)17-9-18-15(13)19-7-12(8-19)3-4-22(16,20)21/h3-6,9,12H,7-8H2,1-2H3,(H2,16,20,21)/b4-3+. The van der Waals surface area contributed by atoms with Crippen LogP contribution in [0.1, 0.15) is 11.1 Å². The number of nitrogens with two attached hydrogens (primary N) is 1. The van der Waals surface area contributed by atoms with E-state index in [-0.39, 0.29) is 5.92 Å². The highest BCUT2D eigenvalue weighted by Gasteiger charge is 2.27. The van der Waals surface area contributed by atoms with Crippen LogP contribution in [-0.4, -0.2) is 31.5 Å². The molecule has 0 aliphatic carbocycles. The highest BCUT2D eigenvalue weighted by Crippen LogP contribution is 2.30. The lowest BCUT2D eigenvalue weighted by molar-refractivity contribution is 0.490. The molecule has 2 N–H and O–H groups in total. The van der Waals surface area contributed by atoms with Crippen LogP contribution in [0, 0.1) is 19.8 Å². The monoisotopic (exact) mass is 318 g/mol. The van der Waals surface area contributed by atoms with E-state index in [0.717, 1.165) is 35.2 Å². The molecule has 2 aromatic rings. The Kier molecular flexibility index (Phi) is 3.62. The van der Waals surface area contributed by atoms with Crippen molar-refractivity contribution in [1.29, 1.82) is 0 Å². The Labute approximate surface area is 129 Å². The summed E-state index contributed by atoms with van der Waals surface area (Å²) in [6.07, 6.45) is 3.21. The topological polar surface area (TPSA) is 89.2 Å². The van der Waals surface area contributed by atoms with Crippen molar-refractivity contribution >= 4 is 26.7 Å². The largest absolute Gasteiger partial charge is 0.355 e. The lowest BCUT2D eigenvalue weighted by Gasteiger charge is -2.39. The second kappa shape index (κ2) is 5.33. The van der Waals surface area contributed by atoms with Crippen molar-refractivity contribution < 1.29 is 8.42 Å². The Morgan fingerprint density at radius 1 is 1.23 bits per heavy atom. The summed E-state index contributed by atoms with van der Waals surface area (Å²) in [6, 6.07) is 4.17. The molecule has 6 nitrogen and oxygen atoms in total. The number of benzene rings is 1. The normalized spacial score (nSPS) is 16.4. The predicted molar refractivity (Wildman–Crippen MR) is 87.0 cm³/mol. The zero-order valence-electron chi connectivity index (χ0n) is 12.5. The Bertz CT molecular complexity index is 855. The first-order valence-electron chi connectivity index (χ1n) is 7.01. The molecule has 0 saturated carbocycles.